The lowest BCUT2D eigenvalue weighted by Gasteiger charge is -2.23. The van der Waals surface area contributed by atoms with Crippen LogP contribution < -0.4 is 5.32 Å². The largest absolute Gasteiger partial charge is 0.349 e. The fourth-order valence-corrected chi connectivity index (χ4v) is 5.10. The van der Waals surface area contributed by atoms with Gasteiger partial charge in [-0.05, 0) is 43.9 Å². The molecule has 0 saturated carbocycles. The van der Waals surface area contributed by atoms with E-state index in [2.05, 4.69) is 26.6 Å². The number of aryl methyl sites for hydroxylation is 1. The minimum atomic E-state index is -0.0452. The van der Waals surface area contributed by atoms with Crippen LogP contribution in [0.2, 0.25) is 0 Å². The van der Waals surface area contributed by atoms with Crippen molar-refractivity contribution in [2.75, 3.05) is 20.6 Å². The van der Waals surface area contributed by atoms with Crippen LogP contribution in [0.4, 0.5) is 0 Å². The maximum atomic E-state index is 12.6. The SMILES string of the molecule is Cc1nc(-c2cccs2)sc1C(=O)NCC(c1cccs1)N(C)C. The highest BCUT2D eigenvalue weighted by Crippen LogP contribution is 2.31. The predicted molar refractivity (Wildman–Crippen MR) is 103 cm³/mol. The molecule has 1 unspecified atom stereocenters. The van der Waals surface area contributed by atoms with Gasteiger partial charge in [0.15, 0.2) is 0 Å². The number of hydrogen-bond acceptors (Lipinski definition) is 6. The van der Waals surface area contributed by atoms with Gasteiger partial charge < -0.3 is 10.2 Å². The third kappa shape index (κ3) is 3.75. The summed E-state index contributed by atoms with van der Waals surface area (Å²) in [7, 11) is 4.06. The molecule has 3 aromatic heterocycles. The number of carbonyl (C=O) groups is 1. The number of thiophene rings is 2. The minimum absolute atomic E-state index is 0.0452. The summed E-state index contributed by atoms with van der Waals surface area (Å²) < 4.78 is 0. The molecule has 0 aliphatic carbocycles. The van der Waals surface area contributed by atoms with Gasteiger partial charge in [-0.2, -0.15) is 0 Å². The summed E-state index contributed by atoms with van der Waals surface area (Å²) in [5.74, 6) is -0.0452. The van der Waals surface area contributed by atoms with Crippen molar-refractivity contribution in [3.05, 3.63) is 50.5 Å². The van der Waals surface area contributed by atoms with Crippen molar-refractivity contribution in [2.24, 2.45) is 0 Å². The fraction of sp³-hybridized carbons (Fsp3) is 0.294. The Balaban J connectivity index is 1.71. The first-order chi connectivity index (χ1) is 11.6. The number of carbonyl (C=O) groups excluding carboxylic acids is 1. The first-order valence-electron chi connectivity index (χ1n) is 7.55. The summed E-state index contributed by atoms with van der Waals surface area (Å²) in [6.07, 6.45) is 0. The lowest BCUT2D eigenvalue weighted by atomic mass is 10.2. The lowest BCUT2D eigenvalue weighted by molar-refractivity contribution is 0.0945. The van der Waals surface area contributed by atoms with Gasteiger partial charge in [0, 0.05) is 11.4 Å². The van der Waals surface area contributed by atoms with Crippen molar-refractivity contribution in [3.8, 4) is 9.88 Å². The maximum absolute atomic E-state index is 12.6. The second kappa shape index (κ2) is 7.57. The van der Waals surface area contributed by atoms with Crippen molar-refractivity contribution in [1.29, 1.82) is 0 Å². The summed E-state index contributed by atoms with van der Waals surface area (Å²) in [6, 6.07) is 8.36. The molecule has 0 aromatic carbocycles. The van der Waals surface area contributed by atoms with Gasteiger partial charge in [0.1, 0.15) is 9.88 Å². The van der Waals surface area contributed by atoms with Crippen LogP contribution in [0.5, 0.6) is 0 Å². The highest BCUT2D eigenvalue weighted by Gasteiger charge is 2.20. The standard InChI is InChI=1S/C17H19N3OS3/c1-11-15(24-17(19-11)14-7-5-9-23-14)16(21)18-10-12(20(2)3)13-6-4-8-22-13/h4-9,12H,10H2,1-3H3,(H,18,21). The normalized spacial score (nSPS) is 12.5. The van der Waals surface area contributed by atoms with Crippen LogP contribution in [0, 0.1) is 6.92 Å². The number of nitrogens with zero attached hydrogens (tertiary/aromatic N) is 2. The van der Waals surface area contributed by atoms with E-state index in [9.17, 15) is 4.79 Å². The van der Waals surface area contributed by atoms with Crippen molar-refractivity contribution in [2.45, 2.75) is 13.0 Å². The highest BCUT2D eigenvalue weighted by atomic mass is 32.1. The Morgan fingerprint density at radius 2 is 2.00 bits per heavy atom. The topological polar surface area (TPSA) is 45.2 Å². The molecule has 1 N–H and O–H groups in total. The van der Waals surface area contributed by atoms with E-state index < -0.39 is 0 Å². The molecule has 126 valence electrons. The zero-order valence-corrected chi connectivity index (χ0v) is 16.2. The Hall–Kier alpha value is -1.54. The van der Waals surface area contributed by atoms with E-state index in [4.69, 9.17) is 0 Å². The van der Waals surface area contributed by atoms with E-state index in [0.29, 0.717) is 11.4 Å². The van der Waals surface area contributed by atoms with Crippen LogP contribution in [-0.4, -0.2) is 36.4 Å². The third-order valence-electron chi connectivity index (χ3n) is 3.69. The lowest BCUT2D eigenvalue weighted by Crippen LogP contribution is -2.34. The number of thiazole rings is 1. The predicted octanol–water partition coefficient (Wildman–Crippen LogP) is 4.27. The van der Waals surface area contributed by atoms with Crippen molar-refractivity contribution in [1.82, 2.24) is 15.2 Å². The molecule has 0 saturated heterocycles. The van der Waals surface area contributed by atoms with Crippen LogP contribution in [0.25, 0.3) is 9.88 Å². The van der Waals surface area contributed by atoms with Gasteiger partial charge in [-0.3, -0.25) is 4.79 Å². The summed E-state index contributed by atoms with van der Waals surface area (Å²) >= 11 is 4.81. The summed E-state index contributed by atoms with van der Waals surface area (Å²) in [5, 5.41) is 8.07. The molecule has 3 rings (SSSR count). The first-order valence-corrected chi connectivity index (χ1v) is 10.1. The van der Waals surface area contributed by atoms with Gasteiger partial charge in [-0.1, -0.05) is 12.1 Å². The second-order valence-corrected chi connectivity index (χ2v) is 8.54. The third-order valence-corrected chi connectivity index (χ3v) is 6.85. The molecule has 0 aliphatic rings. The van der Waals surface area contributed by atoms with Crippen molar-refractivity contribution >= 4 is 39.9 Å². The Morgan fingerprint density at radius 3 is 2.62 bits per heavy atom. The second-order valence-electron chi connectivity index (χ2n) is 5.62. The quantitative estimate of drug-likeness (QED) is 0.697. The molecular weight excluding hydrogens is 358 g/mol. The number of hydrogen-bond donors (Lipinski definition) is 1. The summed E-state index contributed by atoms with van der Waals surface area (Å²) in [5.41, 5.74) is 0.790. The monoisotopic (exact) mass is 377 g/mol. The van der Waals surface area contributed by atoms with Gasteiger partial charge in [0.05, 0.1) is 16.6 Å². The number of likely N-dealkylation sites (N-methyl/N-ethyl adjacent to an activating group) is 1. The van der Waals surface area contributed by atoms with Crippen LogP contribution in [0.1, 0.15) is 26.3 Å². The van der Waals surface area contributed by atoms with Gasteiger partial charge in [0.2, 0.25) is 0 Å². The van der Waals surface area contributed by atoms with Gasteiger partial charge in [-0.15, -0.1) is 34.0 Å². The van der Waals surface area contributed by atoms with Gasteiger partial charge in [-0.25, -0.2) is 4.98 Å². The average molecular weight is 378 g/mol. The maximum Gasteiger partial charge on any atom is 0.263 e. The Bertz CT molecular complexity index is 791. The number of nitrogens with one attached hydrogen (secondary N) is 1. The molecule has 0 spiro atoms. The van der Waals surface area contributed by atoms with Crippen LogP contribution in [0.15, 0.2) is 35.0 Å². The molecule has 3 aromatic rings. The summed E-state index contributed by atoms with van der Waals surface area (Å²) in [6.45, 7) is 2.48. The molecular formula is C17H19N3OS3. The number of amides is 1. The zero-order valence-electron chi connectivity index (χ0n) is 13.8. The van der Waals surface area contributed by atoms with Crippen LogP contribution in [0.3, 0.4) is 0 Å². The molecule has 3 heterocycles. The van der Waals surface area contributed by atoms with E-state index in [1.54, 1.807) is 22.7 Å². The first kappa shape index (κ1) is 17.3. The molecule has 7 heteroatoms. The van der Waals surface area contributed by atoms with E-state index in [0.717, 1.165) is 15.6 Å². The van der Waals surface area contributed by atoms with E-state index in [-0.39, 0.29) is 11.9 Å². The molecule has 0 aliphatic heterocycles. The molecule has 1 amide bonds. The van der Waals surface area contributed by atoms with Crippen LogP contribution in [-0.2, 0) is 0 Å². The Kier molecular flexibility index (Phi) is 5.45. The van der Waals surface area contributed by atoms with E-state index >= 15 is 0 Å². The minimum Gasteiger partial charge on any atom is -0.349 e. The highest BCUT2D eigenvalue weighted by molar-refractivity contribution is 7.22. The zero-order chi connectivity index (χ0) is 17.1. The van der Waals surface area contributed by atoms with Crippen LogP contribution >= 0.6 is 34.0 Å². The smallest absolute Gasteiger partial charge is 0.263 e. The van der Waals surface area contributed by atoms with Crippen molar-refractivity contribution in [3.63, 3.8) is 0 Å². The Morgan fingerprint density at radius 1 is 1.25 bits per heavy atom. The molecule has 0 radical (unpaired) electrons. The molecule has 4 nitrogen and oxygen atoms in total. The summed E-state index contributed by atoms with van der Waals surface area (Å²) in [4.78, 5) is 22.3. The fourth-order valence-electron chi connectivity index (χ4n) is 2.40. The van der Waals surface area contributed by atoms with Gasteiger partial charge >= 0.3 is 0 Å². The number of rotatable bonds is 6. The molecule has 1 atom stereocenters. The van der Waals surface area contributed by atoms with E-state index in [1.165, 1.54) is 16.2 Å². The number of aromatic nitrogens is 1. The van der Waals surface area contributed by atoms with E-state index in [1.807, 2.05) is 44.6 Å². The van der Waals surface area contributed by atoms with Crippen molar-refractivity contribution < 1.29 is 4.79 Å². The molecule has 24 heavy (non-hydrogen) atoms. The molecule has 0 fully saturated rings. The molecule has 0 bridgehead atoms. The average Bonchev–Trinajstić information content (AvgIpc) is 3.28. The Labute approximate surface area is 153 Å². The van der Waals surface area contributed by atoms with Gasteiger partial charge in [0.25, 0.3) is 5.91 Å².